The number of hydrogen-bond acceptors (Lipinski definition) is 5. The van der Waals surface area contributed by atoms with Crippen LogP contribution in [0.4, 0.5) is 5.82 Å². The van der Waals surface area contributed by atoms with Crippen LogP contribution in [0.15, 0.2) is 34.0 Å². The Hall–Kier alpha value is -1.64. The molecular weight excluding hydrogens is 312 g/mol. The van der Waals surface area contributed by atoms with Crippen LogP contribution in [0.2, 0.25) is 5.02 Å². The van der Waals surface area contributed by atoms with Gasteiger partial charge in [0.05, 0.1) is 10.6 Å². The van der Waals surface area contributed by atoms with Gasteiger partial charge in [-0.1, -0.05) is 11.6 Å². The summed E-state index contributed by atoms with van der Waals surface area (Å²) in [7, 11) is -3.89. The van der Waals surface area contributed by atoms with Crippen molar-refractivity contribution >= 4 is 44.7 Å². The molecule has 0 radical (unpaired) electrons. The first-order valence-electron chi connectivity index (χ1n) is 4.85. The third-order valence-corrected chi connectivity index (χ3v) is 5.16. The van der Waals surface area contributed by atoms with E-state index in [1.54, 1.807) is 6.07 Å². The smallest absolute Gasteiger partial charge is 0.336 e. The number of rotatable bonds is 4. The van der Waals surface area contributed by atoms with E-state index >= 15 is 0 Å². The lowest BCUT2D eigenvalue weighted by molar-refractivity contribution is 0.0697. The molecule has 0 spiro atoms. The molecule has 0 saturated heterocycles. The normalized spacial score (nSPS) is 11.2. The first-order valence-corrected chi connectivity index (χ1v) is 7.59. The summed E-state index contributed by atoms with van der Waals surface area (Å²) >= 11 is 6.60. The van der Waals surface area contributed by atoms with Gasteiger partial charge in [-0.25, -0.2) is 18.2 Å². The second kappa shape index (κ2) is 5.16. The zero-order valence-corrected chi connectivity index (χ0v) is 11.6. The van der Waals surface area contributed by atoms with Crippen LogP contribution in [0.1, 0.15) is 10.4 Å². The van der Waals surface area contributed by atoms with Gasteiger partial charge in [-0.3, -0.25) is 4.72 Å². The first kappa shape index (κ1) is 13.8. The van der Waals surface area contributed by atoms with Crippen molar-refractivity contribution in [2.24, 2.45) is 0 Å². The van der Waals surface area contributed by atoms with E-state index in [1.165, 1.54) is 17.6 Å². The number of aromatic nitrogens is 1. The van der Waals surface area contributed by atoms with Crippen molar-refractivity contribution in [3.05, 3.63) is 40.4 Å². The Bertz CT molecular complexity index is 727. The lowest BCUT2D eigenvalue weighted by Gasteiger charge is -2.06. The monoisotopic (exact) mass is 318 g/mol. The summed E-state index contributed by atoms with van der Waals surface area (Å²) in [6.45, 7) is 0. The molecule has 0 aliphatic rings. The summed E-state index contributed by atoms with van der Waals surface area (Å²) in [5.74, 6) is -1.19. The van der Waals surface area contributed by atoms with Gasteiger partial charge in [-0.05, 0) is 18.2 Å². The van der Waals surface area contributed by atoms with Crippen LogP contribution >= 0.6 is 22.9 Å². The van der Waals surface area contributed by atoms with Gasteiger partial charge >= 0.3 is 5.97 Å². The van der Waals surface area contributed by atoms with Crippen molar-refractivity contribution in [3.63, 3.8) is 0 Å². The lowest BCUT2D eigenvalue weighted by atomic mass is 10.4. The topological polar surface area (TPSA) is 96.4 Å². The summed E-state index contributed by atoms with van der Waals surface area (Å²) in [5, 5.41) is 10.2. The maximum atomic E-state index is 12.0. The number of carboxylic acids is 1. The molecule has 0 aromatic carbocycles. The van der Waals surface area contributed by atoms with E-state index < -0.39 is 16.0 Å². The number of carbonyl (C=O) groups is 1. The SMILES string of the molecule is O=C(O)c1csc(S(=O)(=O)Nc2ncccc2Cl)c1. The summed E-state index contributed by atoms with van der Waals surface area (Å²) in [4.78, 5) is 14.5. The maximum Gasteiger partial charge on any atom is 0.336 e. The van der Waals surface area contributed by atoms with Gasteiger partial charge in [0.1, 0.15) is 4.21 Å². The van der Waals surface area contributed by atoms with Crippen LogP contribution in [0, 0.1) is 0 Å². The largest absolute Gasteiger partial charge is 0.478 e. The second-order valence-electron chi connectivity index (χ2n) is 3.40. The molecule has 0 bridgehead atoms. The van der Waals surface area contributed by atoms with Crippen molar-refractivity contribution in [3.8, 4) is 0 Å². The number of halogens is 1. The molecule has 2 N–H and O–H groups in total. The quantitative estimate of drug-likeness (QED) is 0.901. The Balaban J connectivity index is 2.32. The highest BCUT2D eigenvalue weighted by Gasteiger charge is 2.20. The summed E-state index contributed by atoms with van der Waals surface area (Å²) in [6, 6.07) is 4.13. The second-order valence-corrected chi connectivity index (χ2v) is 6.63. The predicted molar refractivity (Wildman–Crippen MR) is 71.3 cm³/mol. The molecule has 2 heterocycles. The zero-order chi connectivity index (χ0) is 14.0. The lowest BCUT2D eigenvalue weighted by Crippen LogP contribution is -2.13. The molecule has 0 atom stereocenters. The third kappa shape index (κ3) is 3.03. The van der Waals surface area contributed by atoms with Gasteiger partial charge in [0, 0.05) is 11.6 Å². The summed E-state index contributed by atoms with van der Waals surface area (Å²) in [5.41, 5.74) is -0.0857. The molecule has 6 nitrogen and oxygen atoms in total. The highest BCUT2D eigenvalue weighted by atomic mass is 35.5. The Labute approximate surface area is 117 Å². The highest BCUT2D eigenvalue weighted by molar-refractivity contribution is 7.94. The fourth-order valence-electron chi connectivity index (χ4n) is 1.21. The average molecular weight is 319 g/mol. The molecule has 2 aromatic heterocycles. The number of anilines is 1. The van der Waals surface area contributed by atoms with E-state index in [-0.39, 0.29) is 20.6 Å². The van der Waals surface area contributed by atoms with Gasteiger partial charge in [-0.2, -0.15) is 0 Å². The number of thiophene rings is 1. The van der Waals surface area contributed by atoms with E-state index in [1.807, 2.05) is 0 Å². The molecule has 0 saturated carbocycles. The fraction of sp³-hybridized carbons (Fsp3) is 0. The summed E-state index contributed by atoms with van der Waals surface area (Å²) < 4.78 is 26.1. The fourth-order valence-corrected chi connectivity index (χ4v) is 3.62. The van der Waals surface area contributed by atoms with Crippen molar-refractivity contribution < 1.29 is 18.3 Å². The van der Waals surface area contributed by atoms with Crippen LogP contribution in [0.5, 0.6) is 0 Å². The third-order valence-electron chi connectivity index (χ3n) is 2.08. The van der Waals surface area contributed by atoms with Crippen LogP contribution in [-0.4, -0.2) is 24.5 Å². The Morgan fingerprint density at radius 3 is 2.79 bits per heavy atom. The van der Waals surface area contributed by atoms with Gasteiger partial charge in [0.15, 0.2) is 5.82 Å². The average Bonchev–Trinajstić information content (AvgIpc) is 2.82. The summed E-state index contributed by atoms with van der Waals surface area (Å²) in [6.07, 6.45) is 1.39. The molecule has 0 aliphatic carbocycles. The van der Waals surface area contributed by atoms with Gasteiger partial charge in [-0.15, -0.1) is 11.3 Å². The highest BCUT2D eigenvalue weighted by Crippen LogP contribution is 2.25. The van der Waals surface area contributed by atoms with E-state index in [0.717, 1.165) is 17.4 Å². The molecule has 0 aliphatic heterocycles. The van der Waals surface area contributed by atoms with Gasteiger partial charge in [0.25, 0.3) is 10.0 Å². The van der Waals surface area contributed by atoms with Crippen molar-refractivity contribution in [2.45, 2.75) is 4.21 Å². The van der Waals surface area contributed by atoms with E-state index in [0.29, 0.717) is 0 Å². The van der Waals surface area contributed by atoms with Crippen LogP contribution in [0.3, 0.4) is 0 Å². The van der Waals surface area contributed by atoms with Crippen LogP contribution in [-0.2, 0) is 10.0 Å². The molecule has 2 aromatic rings. The van der Waals surface area contributed by atoms with Gasteiger partial charge in [0.2, 0.25) is 0 Å². The minimum atomic E-state index is -3.89. The number of sulfonamides is 1. The predicted octanol–water partition coefficient (Wildman–Crippen LogP) is 2.30. The molecular formula is C10H7ClN2O4S2. The number of aromatic carboxylic acids is 1. The van der Waals surface area contributed by atoms with Gasteiger partial charge < -0.3 is 5.11 Å². The number of nitrogens with zero attached hydrogens (tertiary/aromatic N) is 1. The van der Waals surface area contributed by atoms with Crippen molar-refractivity contribution in [1.29, 1.82) is 0 Å². The van der Waals surface area contributed by atoms with Crippen molar-refractivity contribution in [1.82, 2.24) is 4.98 Å². The molecule has 0 fully saturated rings. The minimum Gasteiger partial charge on any atom is -0.478 e. The number of hydrogen-bond donors (Lipinski definition) is 2. The van der Waals surface area contributed by atoms with E-state index in [9.17, 15) is 13.2 Å². The van der Waals surface area contributed by atoms with Crippen LogP contribution < -0.4 is 4.72 Å². The zero-order valence-electron chi connectivity index (χ0n) is 9.20. The molecule has 9 heteroatoms. The standard InChI is InChI=1S/C10H7ClN2O4S2/c11-7-2-1-3-12-9(7)13-19(16,17)8-4-6(5-18-8)10(14)15/h1-5H,(H,12,13)(H,14,15). The number of pyridine rings is 1. The Morgan fingerprint density at radius 2 is 2.21 bits per heavy atom. The number of carboxylic acid groups (broad SMARTS) is 1. The number of nitrogens with one attached hydrogen (secondary N) is 1. The van der Waals surface area contributed by atoms with E-state index in [2.05, 4.69) is 9.71 Å². The molecule has 0 unspecified atom stereocenters. The Kier molecular flexibility index (Phi) is 3.74. The molecule has 100 valence electrons. The van der Waals surface area contributed by atoms with E-state index in [4.69, 9.17) is 16.7 Å². The first-order chi connectivity index (χ1) is 8.90. The van der Waals surface area contributed by atoms with Crippen LogP contribution in [0.25, 0.3) is 0 Å². The molecule has 0 amide bonds. The molecule has 19 heavy (non-hydrogen) atoms. The minimum absolute atomic E-state index is 0.00515. The van der Waals surface area contributed by atoms with Crippen molar-refractivity contribution in [2.75, 3.05) is 4.72 Å². The molecule has 2 rings (SSSR count). The maximum absolute atomic E-state index is 12.0. The Morgan fingerprint density at radius 1 is 1.47 bits per heavy atom.